The fraction of sp³-hybridized carbons (Fsp3) is 0.125. The molecule has 0 unspecified atom stereocenters. The van der Waals surface area contributed by atoms with Crippen molar-refractivity contribution in [3.05, 3.63) is 83.2 Å². The second-order valence-electron chi connectivity index (χ2n) is 7.54. The van der Waals surface area contributed by atoms with Crippen LogP contribution < -0.4 is 5.73 Å². The number of benzene rings is 2. The molecular formula is C24H20N6O2. The number of aromatic amines is 1. The van der Waals surface area contributed by atoms with Crippen LogP contribution >= 0.6 is 0 Å². The molecule has 32 heavy (non-hydrogen) atoms. The van der Waals surface area contributed by atoms with Gasteiger partial charge in [-0.05, 0) is 45.7 Å². The zero-order valence-corrected chi connectivity index (χ0v) is 17.4. The minimum atomic E-state index is -0.994. The average Bonchev–Trinajstić information content (AvgIpc) is 3.45. The van der Waals surface area contributed by atoms with Crippen LogP contribution in [0.5, 0.6) is 0 Å². The minimum absolute atomic E-state index is 0.302. The Bertz CT molecular complexity index is 1480. The molecule has 0 bridgehead atoms. The molecule has 8 heteroatoms. The first-order valence-electron chi connectivity index (χ1n) is 10.3. The molecule has 3 N–H and O–H groups in total. The number of aromatic nitrogens is 5. The van der Waals surface area contributed by atoms with Crippen LogP contribution in [0.1, 0.15) is 34.1 Å². The van der Waals surface area contributed by atoms with E-state index in [1.54, 1.807) is 6.07 Å². The fourth-order valence-electron chi connectivity index (χ4n) is 4.45. The number of H-pyrrole nitrogens is 1. The molecule has 2 aromatic carbocycles. The summed E-state index contributed by atoms with van der Waals surface area (Å²) in [5, 5.41) is 16.5. The summed E-state index contributed by atoms with van der Waals surface area (Å²) in [5.41, 5.74) is 9.74. The van der Waals surface area contributed by atoms with E-state index in [0.717, 1.165) is 27.6 Å². The van der Waals surface area contributed by atoms with Crippen molar-refractivity contribution in [3.63, 3.8) is 0 Å². The molecule has 5 rings (SSSR count). The lowest BCUT2D eigenvalue weighted by Crippen LogP contribution is -2.24. The van der Waals surface area contributed by atoms with Gasteiger partial charge in [0.2, 0.25) is 5.82 Å². The maximum absolute atomic E-state index is 13.0. The molecule has 158 valence electrons. The number of tetrazole rings is 1. The first kappa shape index (κ1) is 19.6. The highest BCUT2D eigenvalue weighted by atomic mass is 16.2. The summed E-state index contributed by atoms with van der Waals surface area (Å²) in [7, 11) is 0. The van der Waals surface area contributed by atoms with Gasteiger partial charge in [0.05, 0.1) is 11.1 Å². The van der Waals surface area contributed by atoms with Crippen molar-refractivity contribution in [1.29, 1.82) is 0 Å². The molecule has 0 saturated heterocycles. The molecule has 5 aromatic rings. The number of hydrogen-bond donors (Lipinski definition) is 2. The predicted octanol–water partition coefficient (Wildman–Crippen LogP) is 3.09. The van der Waals surface area contributed by atoms with Crippen molar-refractivity contribution < 1.29 is 9.59 Å². The van der Waals surface area contributed by atoms with E-state index >= 15 is 0 Å². The summed E-state index contributed by atoms with van der Waals surface area (Å²) in [4.78, 5) is 25.0. The summed E-state index contributed by atoms with van der Waals surface area (Å²) in [5.74, 6) is -1.38. The Kier molecular flexibility index (Phi) is 4.74. The number of nitrogens with zero attached hydrogens (tertiary/aromatic N) is 4. The van der Waals surface area contributed by atoms with E-state index in [-0.39, 0.29) is 0 Å². The van der Waals surface area contributed by atoms with Gasteiger partial charge in [0.25, 0.3) is 11.7 Å². The van der Waals surface area contributed by atoms with Crippen molar-refractivity contribution >= 4 is 28.0 Å². The topological polar surface area (TPSA) is 119 Å². The molecule has 3 heterocycles. The summed E-state index contributed by atoms with van der Waals surface area (Å²) in [6, 6.07) is 18.0. The normalized spacial score (nSPS) is 11.3. The van der Waals surface area contributed by atoms with Crippen LogP contribution in [0.15, 0.2) is 60.8 Å². The molecule has 0 aliphatic heterocycles. The number of amides is 1. The van der Waals surface area contributed by atoms with Gasteiger partial charge < -0.3 is 10.1 Å². The highest BCUT2D eigenvalue weighted by Gasteiger charge is 2.28. The SMILES string of the molecule is CCc1c(C(=O)C(N)=O)c2c(-c3nn[nH]n3)cccn2c1Cc1cccc2ccccc12. The third kappa shape index (κ3) is 3.04. The highest BCUT2D eigenvalue weighted by molar-refractivity contribution is 6.44. The van der Waals surface area contributed by atoms with Gasteiger partial charge in [-0.1, -0.05) is 49.4 Å². The van der Waals surface area contributed by atoms with Gasteiger partial charge in [-0.25, -0.2) is 0 Å². The molecule has 1 amide bonds. The lowest BCUT2D eigenvalue weighted by Gasteiger charge is -2.10. The van der Waals surface area contributed by atoms with Crippen molar-refractivity contribution in [1.82, 2.24) is 25.0 Å². The number of Topliss-reactive ketones (excluding diaryl/α,β-unsaturated/α-hetero) is 1. The minimum Gasteiger partial charge on any atom is -0.363 e. The Morgan fingerprint density at radius 1 is 1.06 bits per heavy atom. The maximum Gasteiger partial charge on any atom is 0.289 e. The fourth-order valence-corrected chi connectivity index (χ4v) is 4.45. The number of rotatable bonds is 6. The van der Waals surface area contributed by atoms with Crippen LogP contribution in [-0.2, 0) is 17.6 Å². The maximum atomic E-state index is 13.0. The molecule has 8 nitrogen and oxygen atoms in total. The van der Waals surface area contributed by atoms with E-state index in [1.165, 1.54) is 0 Å². The largest absolute Gasteiger partial charge is 0.363 e. The second-order valence-corrected chi connectivity index (χ2v) is 7.54. The van der Waals surface area contributed by atoms with Gasteiger partial charge in [-0.2, -0.15) is 5.21 Å². The summed E-state index contributed by atoms with van der Waals surface area (Å²) < 4.78 is 1.95. The number of nitrogens with one attached hydrogen (secondary N) is 1. The van der Waals surface area contributed by atoms with E-state index in [2.05, 4.69) is 44.9 Å². The van der Waals surface area contributed by atoms with Crippen LogP contribution in [0.4, 0.5) is 0 Å². The lowest BCUT2D eigenvalue weighted by molar-refractivity contribution is -0.114. The first-order valence-corrected chi connectivity index (χ1v) is 10.3. The highest BCUT2D eigenvalue weighted by Crippen LogP contribution is 2.34. The Morgan fingerprint density at radius 3 is 2.62 bits per heavy atom. The summed E-state index contributed by atoms with van der Waals surface area (Å²) in [6.07, 6.45) is 3.02. The van der Waals surface area contributed by atoms with E-state index in [4.69, 9.17) is 5.73 Å². The smallest absolute Gasteiger partial charge is 0.289 e. The number of carbonyl (C=O) groups is 2. The van der Waals surface area contributed by atoms with E-state index in [9.17, 15) is 9.59 Å². The van der Waals surface area contributed by atoms with Crippen LogP contribution in [0, 0.1) is 0 Å². The van der Waals surface area contributed by atoms with E-state index < -0.39 is 11.7 Å². The van der Waals surface area contributed by atoms with Gasteiger partial charge in [0.1, 0.15) is 0 Å². The Morgan fingerprint density at radius 2 is 1.88 bits per heavy atom. The second kappa shape index (κ2) is 7.73. The lowest BCUT2D eigenvalue weighted by atomic mass is 9.96. The van der Waals surface area contributed by atoms with Crippen LogP contribution in [0.3, 0.4) is 0 Å². The third-order valence-corrected chi connectivity index (χ3v) is 5.80. The monoisotopic (exact) mass is 424 g/mol. The van der Waals surface area contributed by atoms with Gasteiger partial charge in [-0.3, -0.25) is 9.59 Å². The number of primary amides is 1. The number of fused-ring (bicyclic) bond motifs is 2. The molecule has 0 aliphatic rings. The molecule has 0 spiro atoms. The Hall–Kier alpha value is -4.33. The van der Waals surface area contributed by atoms with Crippen molar-refractivity contribution in [3.8, 4) is 11.4 Å². The van der Waals surface area contributed by atoms with Crippen LogP contribution in [0.2, 0.25) is 0 Å². The first-order chi connectivity index (χ1) is 15.6. The molecule has 0 fully saturated rings. The van der Waals surface area contributed by atoms with Gasteiger partial charge in [-0.15, -0.1) is 10.2 Å². The quantitative estimate of drug-likeness (QED) is 0.321. The van der Waals surface area contributed by atoms with Crippen LogP contribution in [0.25, 0.3) is 27.7 Å². The average molecular weight is 424 g/mol. The molecular weight excluding hydrogens is 404 g/mol. The van der Waals surface area contributed by atoms with Gasteiger partial charge in [0.15, 0.2) is 0 Å². The van der Waals surface area contributed by atoms with E-state index in [0.29, 0.717) is 35.3 Å². The number of ketones is 1. The van der Waals surface area contributed by atoms with Crippen molar-refractivity contribution in [2.24, 2.45) is 5.73 Å². The molecule has 3 aromatic heterocycles. The summed E-state index contributed by atoms with van der Waals surface area (Å²) in [6.45, 7) is 1.97. The number of nitrogens with two attached hydrogens (primary N) is 1. The molecule has 0 saturated carbocycles. The zero-order valence-electron chi connectivity index (χ0n) is 17.4. The number of hydrogen-bond acceptors (Lipinski definition) is 5. The third-order valence-electron chi connectivity index (χ3n) is 5.80. The molecule has 0 radical (unpaired) electrons. The predicted molar refractivity (Wildman–Crippen MR) is 120 cm³/mol. The molecule has 0 aliphatic carbocycles. The van der Waals surface area contributed by atoms with E-state index in [1.807, 2.05) is 41.8 Å². The van der Waals surface area contributed by atoms with Gasteiger partial charge in [0, 0.05) is 23.9 Å². The number of pyridine rings is 1. The van der Waals surface area contributed by atoms with Crippen molar-refractivity contribution in [2.45, 2.75) is 19.8 Å². The Labute approximate surface area is 183 Å². The summed E-state index contributed by atoms with van der Waals surface area (Å²) >= 11 is 0. The van der Waals surface area contributed by atoms with Crippen molar-refractivity contribution in [2.75, 3.05) is 0 Å². The Balaban J connectivity index is 1.82. The zero-order chi connectivity index (χ0) is 22.2. The van der Waals surface area contributed by atoms with Crippen LogP contribution in [-0.4, -0.2) is 36.7 Å². The standard InChI is InChI=1S/C24H20N6O2/c1-2-16-19(13-15-9-5-8-14-7-3-4-10-17(14)15)30-12-6-11-18(24-26-28-29-27-24)21(30)20(16)22(31)23(25)32/h3-12H,2,13H2,1H3,(H2,25,32)(H,26,27,28,29). The molecule has 0 atom stereocenters. The number of carbonyl (C=O) groups excluding carboxylic acids is 2. The van der Waals surface area contributed by atoms with Gasteiger partial charge >= 0.3 is 0 Å².